The average molecular weight is 215 g/mol. The van der Waals surface area contributed by atoms with E-state index < -0.39 is 0 Å². The summed E-state index contributed by atoms with van der Waals surface area (Å²) in [4.78, 5) is 0. The third kappa shape index (κ3) is 7.80. The van der Waals surface area contributed by atoms with Crippen molar-refractivity contribution in [1.29, 1.82) is 0 Å². The molecule has 0 aromatic heterocycles. The van der Waals surface area contributed by atoms with Gasteiger partial charge in [0.2, 0.25) is 0 Å². The summed E-state index contributed by atoms with van der Waals surface area (Å²) in [5.74, 6) is 0. The third-order valence-electron chi connectivity index (χ3n) is 3.07. The normalized spacial score (nSPS) is 15.2. The van der Waals surface area contributed by atoms with Crippen molar-refractivity contribution in [2.75, 3.05) is 7.11 Å². The number of methoxy groups -OCH3 is 1. The molecule has 0 aromatic rings. The summed E-state index contributed by atoms with van der Waals surface area (Å²) in [7, 11) is 1.76. The zero-order chi connectivity index (χ0) is 11.5. The molecular formula is C13H29NO. The van der Waals surface area contributed by atoms with Gasteiger partial charge in [0, 0.05) is 13.2 Å². The first-order valence-electron chi connectivity index (χ1n) is 6.54. The summed E-state index contributed by atoms with van der Waals surface area (Å²) in [5, 5.41) is 0. The van der Waals surface area contributed by atoms with E-state index in [-0.39, 0.29) is 12.1 Å². The Morgan fingerprint density at radius 1 is 1.00 bits per heavy atom. The minimum Gasteiger partial charge on any atom is -0.380 e. The van der Waals surface area contributed by atoms with Gasteiger partial charge in [0.15, 0.2) is 0 Å². The van der Waals surface area contributed by atoms with Crippen LogP contribution in [-0.4, -0.2) is 19.3 Å². The molecule has 0 aromatic carbocycles. The highest BCUT2D eigenvalue weighted by molar-refractivity contribution is 4.71. The Labute approximate surface area is 95.6 Å². The van der Waals surface area contributed by atoms with Gasteiger partial charge in [-0.2, -0.15) is 0 Å². The van der Waals surface area contributed by atoms with Crippen molar-refractivity contribution in [2.24, 2.45) is 5.73 Å². The predicted molar refractivity (Wildman–Crippen MR) is 67.1 cm³/mol. The van der Waals surface area contributed by atoms with Gasteiger partial charge in [-0.3, -0.25) is 0 Å². The van der Waals surface area contributed by atoms with Crippen LogP contribution >= 0.6 is 0 Å². The van der Waals surface area contributed by atoms with Crippen molar-refractivity contribution in [1.82, 2.24) is 0 Å². The van der Waals surface area contributed by atoms with Crippen molar-refractivity contribution >= 4 is 0 Å². The zero-order valence-corrected chi connectivity index (χ0v) is 10.8. The van der Waals surface area contributed by atoms with Crippen LogP contribution in [0.2, 0.25) is 0 Å². The number of hydrogen-bond donors (Lipinski definition) is 1. The van der Waals surface area contributed by atoms with E-state index in [1.165, 1.54) is 38.5 Å². The number of rotatable bonds is 10. The zero-order valence-electron chi connectivity index (χ0n) is 10.8. The fraction of sp³-hybridized carbons (Fsp3) is 1.00. The first kappa shape index (κ1) is 14.9. The van der Waals surface area contributed by atoms with Crippen molar-refractivity contribution < 1.29 is 4.74 Å². The van der Waals surface area contributed by atoms with Crippen molar-refractivity contribution in [2.45, 2.75) is 77.4 Å². The van der Waals surface area contributed by atoms with Crippen LogP contribution in [0.15, 0.2) is 0 Å². The largest absolute Gasteiger partial charge is 0.380 e. The van der Waals surface area contributed by atoms with Crippen LogP contribution in [0.1, 0.15) is 65.2 Å². The molecule has 0 aliphatic rings. The van der Waals surface area contributed by atoms with E-state index in [9.17, 15) is 0 Å². The number of unbranched alkanes of at least 4 members (excludes halogenated alkanes) is 5. The number of ether oxygens (including phenoxy) is 1. The minimum absolute atomic E-state index is 0.228. The van der Waals surface area contributed by atoms with Crippen molar-refractivity contribution in [3.8, 4) is 0 Å². The van der Waals surface area contributed by atoms with Crippen LogP contribution in [0, 0.1) is 0 Å². The second kappa shape index (κ2) is 10.4. The maximum Gasteiger partial charge on any atom is 0.0719 e. The highest BCUT2D eigenvalue weighted by Gasteiger charge is 2.13. The Balaban J connectivity index is 3.33. The SMILES string of the molecule is CCCCCCCCC(N)C(CC)OC. The van der Waals surface area contributed by atoms with Gasteiger partial charge in [-0.1, -0.05) is 52.4 Å². The Morgan fingerprint density at radius 3 is 2.13 bits per heavy atom. The van der Waals surface area contributed by atoms with Crippen LogP contribution in [0.25, 0.3) is 0 Å². The van der Waals surface area contributed by atoms with E-state index >= 15 is 0 Å². The molecule has 0 rings (SSSR count). The van der Waals surface area contributed by atoms with Crippen LogP contribution < -0.4 is 5.73 Å². The Hall–Kier alpha value is -0.0800. The number of nitrogens with two attached hydrogens (primary N) is 1. The van der Waals surface area contributed by atoms with E-state index in [0.717, 1.165) is 12.8 Å². The summed E-state index contributed by atoms with van der Waals surface area (Å²) < 4.78 is 5.33. The van der Waals surface area contributed by atoms with Crippen LogP contribution in [-0.2, 0) is 4.74 Å². The van der Waals surface area contributed by atoms with Crippen LogP contribution in [0.3, 0.4) is 0 Å². The summed E-state index contributed by atoms with van der Waals surface area (Å²) in [6.45, 7) is 4.38. The lowest BCUT2D eigenvalue weighted by Gasteiger charge is -2.20. The monoisotopic (exact) mass is 215 g/mol. The molecule has 92 valence electrons. The van der Waals surface area contributed by atoms with Gasteiger partial charge in [-0.05, 0) is 12.8 Å². The Kier molecular flexibility index (Phi) is 10.4. The molecule has 0 fully saturated rings. The van der Waals surface area contributed by atoms with E-state index in [2.05, 4.69) is 13.8 Å². The van der Waals surface area contributed by atoms with E-state index in [4.69, 9.17) is 10.5 Å². The molecule has 0 saturated carbocycles. The lowest BCUT2D eigenvalue weighted by Crippen LogP contribution is -2.35. The molecule has 0 bridgehead atoms. The lowest BCUT2D eigenvalue weighted by atomic mass is 10.0. The van der Waals surface area contributed by atoms with Crippen LogP contribution in [0.4, 0.5) is 0 Å². The van der Waals surface area contributed by atoms with Crippen molar-refractivity contribution in [3.63, 3.8) is 0 Å². The quantitative estimate of drug-likeness (QED) is 0.566. The molecule has 0 amide bonds. The maximum atomic E-state index is 6.05. The maximum absolute atomic E-state index is 6.05. The lowest BCUT2D eigenvalue weighted by molar-refractivity contribution is 0.0740. The fourth-order valence-corrected chi connectivity index (χ4v) is 1.99. The molecule has 15 heavy (non-hydrogen) atoms. The van der Waals surface area contributed by atoms with Gasteiger partial charge in [0.1, 0.15) is 0 Å². The molecule has 0 radical (unpaired) electrons. The Morgan fingerprint density at radius 2 is 1.60 bits per heavy atom. The second-order valence-corrected chi connectivity index (χ2v) is 4.40. The van der Waals surface area contributed by atoms with Crippen LogP contribution in [0.5, 0.6) is 0 Å². The molecule has 0 spiro atoms. The molecule has 2 atom stereocenters. The van der Waals surface area contributed by atoms with Gasteiger partial charge in [-0.15, -0.1) is 0 Å². The fourth-order valence-electron chi connectivity index (χ4n) is 1.99. The Bertz CT molecular complexity index is 124. The van der Waals surface area contributed by atoms with Crippen molar-refractivity contribution in [3.05, 3.63) is 0 Å². The van der Waals surface area contributed by atoms with E-state index in [0.29, 0.717) is 0 Å². The predicted octanol–water partition coefficient (Wildman–Crippen LogP) is 3.49. The first-order chi connectivity index (χ1) is 7.26. The van der Waals surface area contributed by atoms with Gasteiger partial charge in [0.25, 0.3) is 0 Å². The molecule has 0 aliphatic carbocycles. The molecular weight excluding hydrogens is 186 g/mol. The van der Waals surface area contributed by atoms with Gasteiger partial charge in [0.05, 0.1) is 6.10 Å². The molecule has 2 heteroatoms. The highest BCUT2D eigenvalue weighted by Crippen LogP contribution is 2.11. The van der Waals surface area contributed by atoms with Gasteiger partial charge in [-0.25, -0.2) is 0 Å². The van der Waals surface area contributed by atoms with Gasteiger partial charge < -0.3 is 10.5 Å². The standard InChI is InChI=1S/C13H29NO/c1-4-6-7-8-9-10-11-12(14)13(5-2)15-3/h12-13H,4-11,14H2,1-3H3. The molecule has 2 unspecified atom stereocenters. The molecule has 0 aliphatic heterocycles. The third-order valence-corrected chi connectivity index (χ3v) is 3.07. The number of hydrogen-bond acceptors (Lipinski definition) is 2. The molecule has 2 N–H and O–H groups in total. The summed E-state index contributed by atoms with van der Waals surface area (Å²) in [6, 6.07) is 0.228. The second-order valence-electron chi connectivity index (χ2n) is 4.40. The first-order valence-corrected chi connectivity index (χ1v) is 6.54. The molecule has 0 saturated heterocycles. The minimum atomic E-state index is 0.228. The van der Waals surface area contributed by atoms with E-state index in [1.807, 2.05) is 0 Å². The topological polar surface area (TPSA) is 35.2 Å². The molecule has 2 nitrogen and oxygen atoms in total. The molecule has 0 heterocycles. The summed E-state index contributed by atoms with van der Waals surface area (Å²) >= 11 is 0. The van der Waals surface area contributed by atoms with Gasteiger partial charge >= 0.3 is 0 Å². The summed E-state index contributed by atoms with van der Waals surface area (Å²) in [6.07, 6.45) is 10.4. The van der Waals surface area contributed by atoms with E-state index in [1.54, 1.807) is 7.11 Å². The smallest absolute Gasteiger partial charge is 0.0719 e. The highest BCUT2D eigenvalue weighted by atomic mass is 16.5. The average Bonchev–Trinajstić information content (AvgIpc) is 2.25. The summed E-state index contributed by atoms with van der Waals surface area (Å²) in [5.41, 5.74) is 6.05.